The molecule has 5 rings (SSSR count). The minimum absolute atomic E-state index is 0.0331. The van der Waals surface area contributed by atoms with Crippen molar-refractivity contribution in [3.8, 4) is 40.6 Å². The Bertz CT molecular complexity index is 2620. The predicted molar refractivity (Wildman–Crippen MR) is 247 cm³/mol. The van der Waals surface area contributed by atoms with Gasteiger partial charge < -0.3 is 37.9 Å². The standard InChI is InChI=1S/C53H48FNO14/c1-3-46(56)64-33-11-7-5-9-31-62-41-22-13-36(14-23-41)50(58)66-43-26-17-38(18-27-43)52(60)68-45-30-21-40(35-55)48(54)49(45)69-53(61)39-19-28-44(29-20-39)67-51(59)37-15-24-42(25-16-37)63-32-10-6-8-12-34-65-47(57)4-2/h3-4,13-30H,1-2,5-12,31-34H2. The summed E-state index contributed by atoms with van der Waals surface area (Å²) in [6.07, 6.45) is 8.84. The van der Waals surface area contributed by atoms with Crippen LogP contribution in [0.1, 0.15) is 98.4 Å². The highest BCUT2D eigenvalue weighted by atomic mass is 19.1. The SMILES string of the molecule is C=CC(=O)OCCCCCCOc1ccc(C(=O)Oc2ccc(C(=O)Oc3ccc(C#N)c(F)c3OC(=O)c3ccc(OC(=O)c4ccc(OCCCCCCOC(=O)C=C)cc4)cc3)cc2)cc1. The van der Waals surface area contributed by atoms with Gasteiger partial charge in [0.15, 0.2) is 11.6 Å². The van der Waals surface area contributed by atoms with Crippen LogP contribution in [0.25, 0.3) is 0 Å². The molecule has 0 aliphatic heterocycles. The molecule has 0 fully saturated rings. The van der Waals surface area contributed by atoms with Crippen molar-refractivity contribution >= 4 is 35.8 Å². The second-order valence-corrected chi connectivity index (χ2v) is 14.8. The van der Waals surface area contributed by atoms with Crippen LogP contribution in [0.4, 0.5) is 4.39 Å². The molecule has 0 bridgehead atoms. The molecule has 0 radical (unpaired) electrons. The van der Waals surface area contributed by atoms with Crippen LogP contribution < -0.4 is 28.4 Å². The van der Waals surface area contributed by atoms with Crippen molar-refractivity contribution in [2.75, 3.05) is 26.4 Å². The van der Waals surface area contributed by atoms with Crippen LogP contribution in [-0.2, 0) is 19.1 Å². The van der Waals surface area contributed by atoms with E-state index in [0.717, 1.165) is 75.7 Å². The molecule has 16 heteroatoms. The lowest BCUT2D eigenvalue weighted by Crippen LogP contribution is -2.14. The van der Waals surface area contributed by atoms with Crippen molar-refractivity contribution in [1.82, 2.24) is 0 Å². The van der Waals surface area contributed by atoms with Gasteiger partial charge in [-0.2, -0.15) is 5.26 Å². The third kappa shape index (κ3) is 16.7. The molecular weight excluding hydrogens is 894 g/mol. The van der Waals surface area contributed by atoms with Crippen LogP contribution in [0, 0.1) is 17.1 Å². The number of hydrogen-bond acceptors (Lipinski definition) is 15. The number of carbonyl (C=O) groups is 6. The van der Waals surface area contributed by atoms with Crippen molar-refractivity contribution in [3.05, 3.63) is 168 Å². The van der Waals surface area contributed by atoms with E-state index in [1.807, 2.05) is 0 Å². The van der Waals surface area contributed by atoms with Gasteiger partial charge in [0.2, 0.25) is 5.75 Å². The first-order valence-electron chi connectivity index (χ1n) is 21.8. The van der Waals surface area contributed by atoms with Gasteiger partial charge in [0.05, 0.1) is 54.2 Å². The number of hydrogen-bond donors (Lipinski definition) is 0. The summed E-state index contributed by atoms with van der Waals surface area (Å²) in [5.41, 5.74) is -0.126. The first-order valence-corrected chi connectivity index (χ1v) is 21.8. The second kappa shape index (κ2) is 27.2. The number of halogens is 1. The Morgan fingerprint density at radius 1 is 0.449 bits per heavy atom. The van der Waals surface area contributed by atoms with E-state index in [1.165, 1.54) is 48.5 Å². The van der Waals surface area contributed by atoms with Crippen LogP contribution in [0.15, 0.2) is 135 Å². The van der Waals surface area contributed by atoms with Crippen molar-refractivity contribution in [2.24, 2.45) is 0 Å². The number of rotatable bonds is 26. The van der Waals surface area contributed by atoms with E-state index in [4.69, 9.17) is 37.9 Å². The molecule has 0 atom stereocenters. The highest BCUT2D eigenvalue weighted by molar-refractivity contribution is 5.95. The Kier molecular flexibility index (Phi) is 20.2. The maximum atomic E-state index is 15.5. The topological polar surface area (TPSA) is 200 Å². The predicted octanol–water partition coefficient (Wildman–Crippen LogP) is 9.91. The molecule has 0 aliphatic carbocycles. The number of unbranched alkanes of at least 4 members (excludes halogenated alkanes) is 6. The average molecular weight is 942 g/mol. The first-order chi connectivity index (χ1) is 33.5. The van der Waals surface area contributed by atoms with Crippen LogP contribution in [-0.4, -0.2) is 62.2 Å². The maximum Gasteiger partial charge on any atom is 0.343 e. The van der Waals surface area contributed by atoms with Crippen molar-refractivity contribution in [3.63, 3.8) is 0 Å². The lowest BCUT2D eigenvalue weighted by Gasteiger charge is -2.13. The summed E-state index contributed by atoms with van der Waals surface area (Å²) in [5.74, 6) is -5.53. The van der Waals surface area contributed by atoms with Crippen molar-refractivity contribution < 1.29 is 71.1 Å². The Morgan fingerprint density at radius 3 is 1.17 bits per heavy atom. The van der Waals surface area contributed by atoms with Gasteiger partial charge in [-0.25, -0.2) is 33.2 Å². The number of benzene rings is 5. The first kappa shape index (κ1) is 51.4. The van der Waals surface area contributed by atoms with Crippen molar-refractivity contribution in [1.29, 1.82) is 5.26 Å². The smallest absolute Gasteiger partial charge is 0.343 e. The van der Waals surface area contributed by atoms with Gasteiger partial charge in [-0.3, -0.25) is 0 Å². The van der Waals surface area contributed by atoms with E-state index in [2.05, 4.69) is 13.2 Å². The van der Waals surface area contributed by atoms with Gasteiger partial charge in [0.1, 0.15) is 29.1 Å². The molecule has 0 aliphatic rings. The number of ether oxygens (including phenoxy) is 8. The van der Waals surface area contributed by atoms with Crippen LogP contribution in [0.3, 0.4) is 0 Å². The largest absolute Gasteiger partial charge is 0.494 e. The summed E-state index contributed by atoms with van der Waals surface area (Å²) < 4.78 is 58.4. The van der Waals surface area contributed by atoms with E-state index in [0.29, 0.717) is 37.9 Å². The summed E-state index contributed by atoms with van der Waals surface area (Å²) in [5, 5.41) is 9.44. The zero-order valence-corrected chi connectivity index (χ0v) is 37.5. The van der Waals surface area contributed by atoms with E-state index in [1.54, 1.807) is 54.6 Å². The number of nitrogens with zero attached hydrogens (tertiary/aromatic N) is 1. The fraction of sp³-hybridized carbons (Fsp3) is 0.226. The number of esters is 6. The maximum absolute atomic E-state index is 15.5. The lowest BCUT2D eigenvalue weighted by molar-refractivity contribution is -0.138. The molecule has 0 saturated heterocycles. The average Bonchev–Trinajstić information content (AvgIpc) is 3.37. The highest BCUT2D eigenvalue weighted by Gasteiger charge is 2.23. The number of carbonyl (C=O) groups excluding carboxylic acids is 6. The summed E-state index contributed by atoms with van der Waals surface area (Å²) in [4.78, 5) is 74.1. The Hall–Kier alpha value is -8.58. The zero-order valence-electron chi connectivity index (χ0n) is 37.5. The monoisotopic (exact) mass is 941 g/mol. The second-order valence-electron chi connectivity index (χ2n) is 14.8. The van der Waals surface area contributed by atoms with Gasteiger partial charge >= 0.3 is 35.8 Å². The van der Waals surface area contributed by atoms with E-state index in [9.17, 15) is 34.0 Å². The lowest BCUT2D eigenvalue weighted by atomic mass is 10.2. The fourth-order valence-electron chi connectivity index (χ4n) is 6.09. The van der Waals surface area contributed by atoms with Gasteiger partial charge in [-0.15, -0.1) is 0 Å². The van der Waals surface area contributed by atoms with Gasteiger partial charge in [0.25, 0.3) is 0 Å². The molecule has 0 spiro atoms. The summed E-state index contributed by atoms with van der Waals surface area (Å²) in [7, 11) is 0. The third-order valence-electron chi connectivity index (χ3n) is 9.80. The summed E-state index contributed by atoms with van der Waals surface area (Å²) >= 11 is 0. The molecule has 69 heavy (non-hydrogen) atoms. The Morgan fingerprint density at radius 2 is 0.797 bits per heavy atom. The van der Waals surface area contributed by atoms with Crippen LogP contribution in [0.5, 0.6) is 34.5 Å². The molecular formula is C53H48FNO14. The van der Waals surface area contributed by atoms with E-state index >= 15 is 4.39 Å². The normalized spacial score (nSPS) is 10.4. The minimum atomic E-state index is -1.25. The molecule has 0 heterocycles. The van der Waals surface area contributed by atoms with Crippen molar-refractivity contribution in [2.45, 2.75) is 51.4 Å². The molecule has 0 unspecified atom stereocenters. The number of nitriles is 1. The van der Waals surface area contributed by atoms with Crippen LogP contribution >= 0.6 is 0 Å². The fourth-order valence-corrected chi connectivity index (χ4v) is 6.09. The Balaban J connectivity index is 1.08. The summed E-state index contributed by atoms with van der Waals surface area (Å²) in [6, 6.07) is 27.0. The third-order valence-corrected chi connectivity index (χ3v) is 9.80. The molecule has 5 aromatic rings. The van der Waals surface area contributed by atoms with E-state index < -0.39 is 58.7 Å². The quantitative estimate of drug-likeness (QED) is 0.0219. The van der Waals surface area contributed by atoms with Crippen LogP contribution in [0.2, 0.25) is 0 Å². The van der Waals surface area contributed by atoms with Gasteiger partial charge in [-0.1, -0.05) is 13.2 Å². The van der Waals surface area contributed by atoms with Gasteiger partial charge in [-0.05, 0) is 161 Å². The molecule has 5 aromatic carbocycles. The molecule has 0 saturated carbocycles. The van der Waals surface area contributed by atoms with Gasteiger partial charge in [0, 0.05) is 12.2 Å². The molecule has 356 valence electrons. The summed E-state index contributed by atoms with van der Waals surface area (Å²) in [6.45, 7) is 8.32. The zero-order chi connectivity index (χ0) is 49.4. The minimum Gasteiger partial charge on any atom is -0.494 e. The molecule has 0 N–H and O–H groups in total. The molecule has 0 aromatic heterocycles. The molecule has 0 amide bonds. The highest BCUT2D eigenvalue weighted by Crippen LogP contribution is 2.34. The Labute approximate surface area is 397 Å². The van der Waals surface area contributed by atoms with E-state index in [-0.39, 0.29) is 33.8 Å². The molecule has 15 nitrogen and oxygen atoms in total.